The van der Waals surface area contributed by atoms with Crippen LogP contribution in [0.2, 0.25) is 0 Å². The Morgan fingerprint density at radius 3 is 2.96 bits per heavy atom. The van der Waals surface area contributed by atoms with Crippen molar-refractivity contribution in [3.8, 4) is 0 Å². The number of carbonyl (C=O) groups excluding carboxylic acids is 2. The molecule has 4 rings (SSSR count). The monoisotopic (exact) mass is 348 g/mol. The summed E-state index contributed by atoms with van der Waals surface area (Å²) in [5.41, 5.74) is 3.82. The Morgan fingerprint density at radius 1 is 1.19 bits per heavy atom. The summed E-state index contributed by atoms with van der Waals surface area (Å²) in [4.78, 5) is 30.0. The minimum absolute atomic E-state index is 0.0411. The van der Waals surface area contributed by atoms with Crippen LogP contribution in [0, 0.1) is 0 Å². The zero-order valence-electron chi connectivity index (χ0n) is 14.4. The number of anilines is 1. The molecule has 2 aromatic heterocycles. The van der Waals surface area contributed by atoms with E-state index < -0.39 is 0 Å². The molecular formula is C20H20N4O2. The van der Waals surface area contributed by atoms with Gasteiger partial charge in [0.2, 0.25) is 11.8 Å². The van der Waals surface area contributed by atoms with Crippen molar-refractivity contribution in [1.29, 1.82) is 0 Å². The van der Waals surface area contributed by atoms with Gasteiger partial charge in [-0.1, -0.05) is 18.2 Å². The molecule has 0 radical (unpaired) electrons. The average molecular weight is 348 g/mol. The Hall–Kier alpha value is -3.15. The molecule has 1 aliphatic heterocycles. The summed E-state index contributed by atoms with van der Waals surface area (Å²) in [5.74, 6) is 0.113. The molecule has 0 atom stereocenters. The fourth-order valence-corrected chi connectivity index (χ4v) is 3.27. The normalized spacial score (nSPS) is 14.2. The van der Waals surface area contributed by atoms with Gasteiger partial charge in [0.1, 0.15) is 0 Å². The molecule has 1 N–H and O–H groups in total. The summed E-state index contributed by atoms with van der Waals surface area (Å²) >= 11 is 0. The maximum Gasteiger partial charge on any atom is 0.227 e. The van der Waals surface area contributed by atoms with Crippen molar-refractivity contribution >= 4 is 23.0 Å². The molecule has 1 saturated heterocycles. The van der Waals surface area contributed by atoms with Crippen molar-refractivity contribution in [3.63, 3.8) is 0 Å². The summed E-state index contributed by atoms with van der Waals surface area (Å²) in [6.45, 7) is 1.22. The maximum absolute atomic E-state index is 12.3. The number of hydrogen-bond donors (Lipinski definition) is 1. The second-order valence-corrected chi connectivity index (χ2v) is 6.54. The van der Waals surface area contributed by atoms with Gasteiger partial charge in [0.25, 0.3) is 0 Å². The number of rotatable bonds is 5. The van der Waals surface area contributed by atoms with Crippen LogP contribution < -0.4 is 10.2 Å². The van der Waals surface area contributed by atoms with Crippen molar-refractivity contribution < 1.29 is 9.59 Å². The zero-order chi connectivity index (χ0) is 17.9. The van der Waals surface area contributed by atoms with E-state index in [1.807, 2.05) is 47.0 Å². The lowest BCUT2D eigenvalue weighted by atomic mass is 10.1. The van der Waals surface area contributed by atoms with Gasteiger partial charge in [0.15, 0.2) is 0 Å². The number of nitrogens with zero attached hydrogens (tertiary/aromatic N) is 3. The predicted molar refractivity (Wildman–Crippen MR) is 98.8 cm³/mol. The molecule has 26 heavy (non-hydrogen) atoms. The summed E-state index contributed by atoms with van der Waals surface area (Å²) < 4.78 is 1.93. The molecule has 6 heteroatoms. The van der Waals surface area contributed by atoms with Crippen LogP contribution in [0.15, 0.2) is 55.1 Å². The molecule has 0 spiro atoms. The number of nitrogens with one attached hydrogen (secondary N) is 1. The largest absolute Gasteiger partial charge is 0.352 e. The van der Waals surface area contributed by atoms with E-state index in [4.69, 9.17) is 0 Å². The topological polar surface area (TPSA) is 66.7 Å². The Kier molecular flexibility index (Phi) is 4.39. The van der Waals surface area contributed by atoms with Crippen LogP contribution in [0.25, 0.3) is 5.52 Å². The van der Waals surface area contributed by atoms with Gasteiger partial charge in [-0.15, -0.1) is 0 Å². The Bertz CT molecular complexity index is 963. The Balaban J connectivity index is 1.37. The van der Waals surface area contributed by atoms with E-state index >= 15 is 0 Å². The highest BCUT2D eigenvalue weighted by molar-refractivity contribution is 5.95. The first kappa shape index (κ1) is 16.3. The van der Waals surface area contributed by atoms with Crippen molar-refractivity contribution in [2.75, 3.05) is 11.4 Å². The van der Waals surface area contributed by atoms with Crippen LogP contribution in [0.3, 0.4) is 0 Å². The first-order valence-electron chi connectivity index (χ1n) is 8.76. The van der Waals surface area contributed by atoms with Crippen LogP contribution in [0.1, 0.15) is 24.0 Å². The van der Waals surface area contributed by atoms with Crippen LogP contribution in [0.5, 0.6) is 0 Å². The molecule has 0 saturated carbocycles. The third kappa shape index (κ3) is 3.44. The second-order valence-electron chi connectivity index (χ2n) is 6.54. The first-order valence-corrected chi connectivity index (χ1v) is 8.76. The number of carbonyl (C=O) groups is 2. The fraction of sp³-hybridized carbons (Fsp3) is 0.250. The summed E-state index contributed by atoms with van der Waals surface area (Å²) in [6, 6.07) is 11.6. The van der Waals surface area contributed by atoms with E-state index in [9.17, 15) is 9.59 Å². The standard InChI is InChI=1S/C20H20N4O2/c25-19(22-11-16-6-7-18-12-21-14-23(18)13-16)10-15-3-1-4-17(9-15)24-8-2-5-20(24)26/h1,3-4,6-7,9,12-14H,2,5,8,10-11H2,(H,22,25). The number of aromatic nitrogens is 2. The van der Waals surface area contributed by atoms with E-state index in [1.54, 1.807) is 17.4 Å². The predicted octanol–water partition coefficient (Wildman–Crippen LogP) is 2.32. The van der Waals surface area contributed by atoms with Crippen molar-refractivity contribution in [2.45, 2.75) is 25.8 Å². The molecule has 3 aromatic rings. The molecule has 0 bridgehead atoms. The number of hydrogen-bond acceptors (Lipinski definition) is 3. The smallest absolute Gasteiger partial charge is 0.227 e. The minimum atomic E-state index is -0.0411. The SMILES string of the molecule is O=C(Cc1cccc(N2CCCC2=O)c1)NCc1ccc2cncn2c1. The lowest BCUT2D eigenvalue weighted by Gasteiger charge is -2.16. The highest BCUT2D eigenvalue weighted by Crippen LogP contribution is 2.22. The molecule has 6 nitrogen and oxygen atoms in total. The molecule has 0 aliphatic carbocycles. The Morgan fingerprint density at radius 2 is 2.12 bits per heavy atom. The number of benzene rings is 1. The number of imidazole rings is 1. The lowest BCUT2D eigenvalue weighted by molar-refractivity contribution is -0.120. The number of amides is 2. The van der Waals surface area contributed by atoms with Gasteiger partial charge in [-0.05, 0) is 35.7 Å². The van der Waals surface area contributed by atoms with Gasteiger partial charge in [0.05, 0.1) is 24.5 Å². The van der Waals surface area contributed by atoms with E-state index in [0.717, 1.165) is 35.3 Å². The molecule has 3 heterocycles. The average Bonchev–Trinajstić information content (AvgIpc) is 3.28. The molecule has 2 amide bonds. The van der Waals surface area contributed by atoms with Crippen molar-refractivity contribution in [2.24, 2.45) is 0 Å². The van der Waals surface area contributed by atoms with E-state index in [0.29, 0.717) is 19.4 Å². The lowest BCUT2D eigenvalue weighted by Crippen LogP contribution is -2.25. The van der Waals surface area contributed by atoms with Gasteiger partial charge in [-0.3, -0.25) is 9.59 Å². The minimum Gasteiger partial charge on any atom is -0.352 e. The highest BCUT2D eigenvalue weighted by atomic mass is 16.2. The molecule has 1 aliphatic rings. The van der Waals surface area contributed by atoms with Gasteiger partial charge in [0, 0.05) is 31.4 Å². The summed E-state index contributed by atoms with van der Waals surface area (Å²) in [7, 11) is 0. The number of pyridine rings is 1. The molecule has 0 unspecified atom stereocenters. The van der Waals surface area contributed by atoms with Gasteiger partial charge >= 0.3 is 0 Å². The van der Waals surface area contributed by atoms with Gasteiger partial charge in [-0.2, -0.15) is 0 Å². The van der Waals surface area contributed by atoms with Crippen LogP contribution in [-0.2, 0) is 22.6 Å². The van der Waals surface area contributed by atoms with Gasteiger partial charge in [-0.25, -0.2) is 4.98 Å². The van der Waals surface area contributed by atoms with Crippen molar-refractivity contribution in [3.05, 3.63) is 66.2 Å². The van der Waals surface area contributed by atoms with Gasteiger partial charge < -0.3 is 14.6 Å². The molecule has 1 aromatic carbocycles. The fourth-order valence-electron chi connectivity index (χ4n) is 3.27. The third-order valence-corrected chi connectivity index (χ3v) is 4.62. The highest BCUT2D eigenvalue weighted by Gasteiger charge is 2.21. The van der Waals surface area contributed by atoms with Crippen LogP contribution >= 0.6 is 0 Å². The Labute approximate surface area is 151 Å². The van der Waals surface area contributed by atoms with E-state index in [-0.39, 0.29) is 11.8 Å². The molecule has 1 fully saturated rings. The zero-order valence-corrected chi connectivity index (χ0v) is 14.4. The molecular weight excluding hydrogens is 328 g/mol. The summed E-state index contributed by atoms with van der Waals surface area (Å²) in [5, 5.41) is 2.95. The van der Waals surface area contributed by atoms with Crippen LogP contribution in [-0.4, -0.2) is 27.7 Å². The van der Waals surface area contributed by atoms with Crippen LogP contribution in [0.4, 0.5) is 5.69 Å². The quantitative estimate of drug-likeness (QED) is 0.769. The van der Waals surface area contributed by atoms with Crippen molar-refractivity contribution in [1.82, 2.24) is 14.7 Å². The third-order valence-electron chi connectivity index (χ3n) is 4.62. The second kappa shape index (κ2) is 7.00. The van der Waals surface area contributed by atoms with E-state index in [1.165, 1.54) is 0 Å². The molecule has 132 valence electrons. The first-order chi connectivity index (χ1) is 12.7. The number of fused-ring (bicyclic) bond motifs is 1. The summed E-state index contributed by atoms with van der Waals surface area (Å²) in [6.07, 6.45) is 7.29. The maximum atomic E-state index is 12.3. The van der Waals surface area contributed by atoms with E-state index in [2.05, 4.69) is 10.3 Å².